The minimum atomic E-state index is -4.73. The van der Waals surface area contributed by atoms with Gasteiger partial charge in [0, 0.05) is 6.54 Å². The number of carbonyl (C=O) groups is 1. The van der Waals surface area contributed by atoms with Crippen LogP contribution in [-0.2, 0) is 4.79 Å². The number of nitrogens with zero attached hydrogens (tertiary/aromatic N) is 1. The van der Waals surface area contributed by atoms with Crippen LogP contribution in [0.3, 0.4) is 0 Å². The predicted octanol–water partition coefficient (Wildman–Crippen LogP) is 1.11. The predicted molar refractivity (Wildman–Crippen MR) is 66.5 cm³/mol. The molecule has 1 amide bonds. The van der Waals surface area contributed by atoms with Gasteiger partial charge in [-0.15, -0.1) is 0 Å². The van der Waals surface area contributed by atoms with Crippen molar-refractivity contribution in [1.29, 1.82) is 0 Å². The first kappa shape index (κ1) is 16.2. The second kappa shape index (κ2) is 6.09. The number of hydrogen-bond acceptors (Lipinski definition) is 3. The summed E-state index contributed by atoms with van der Waals surface area (Å²) in [6.45, 7) is 5.87. The van der Waals surface area contributed by atoms with Crippen LogP contribution in [0.5, 0.6) is 0 Å². The van der Waals surface area contributed by atoms with E-state index in [1.165, 1.54) is 0 Å². The average molecular weight is 281 g/mol. The third-order valence-electron chi connectivity index (χ3n) is 3.77. The summed E-state index contributed by atoms with van der Waals surface area (Å²) < 4.78 is 37.7. The molecule has 0 aromatic carbocycles. The Morgan fingerprint density at radius 1 is 1.37 bits per heavy atom. The van der Waals surface area contributed by atoms with Crippen LogP contribution in [0.25, 0.3) is 0 Å². The number of likely N-dealkylation sites (tertiary alicyclic amines) is 1. The average Bonchev–Trinajstić information content (AvgIpc) is 2.35. The molecule has 1 rings (SSSR count). The molecule has 1 atom stereocenters. The molecule has 0 aliphatic carbocycles. The second-order valence-electron chi connectivity index (χ2n) is 5.29. The Morgan fingerprint density at radius 2 is 1.89 bits per heavy atom. The summed E-state index contributed by atoms with van der Waals surface area (Å²) in [5.41, 5.74) is 2.23. The van der Waals surface area contributed by atoms with Crippen LogP contribution in [0.4, 0.5) is 13.2 Å². The Kier molecular flexibility index (Phi) is 5.20. The molecule has 1 saturated heterocycles. The van der Waals surface area contributed by atoms with Gasteiger partial charge in [-0.2, -0.15) is 13.2 Å². The molecule has 19 heavy (non-hydrogen) atoms. The minimum Gasteiger partial charge on any atom is -0.354 e. The standard InChI is InChI=1S/C12H22F3N3O/c1-3-18-6-4-9(5-7-18)8-17-10(19)11(2,16)12(13,14)15/h9H,3-8,16H2,1-2H3,(H,17,19). The first-order chi connectivity index (χ1) is 8.68. The molecule has 1 heterocycles. The highest BCUT2D eigenvalue weighted by atomic mass is 19.4. The molecule has 1 aliphatic heterocycles. The van der Waals surface area contributed by atoms with Gasteiger partial charge >= 0.3 is 6.18 Å². The zero-order chi connectivity index (χ0) is 14.7. The molecule has 0 radical (unpaired) electrons. The van der Waals surface area contributed by atoms with E-state index in [1.807, 2.05) is 0 Å². The molecule has 7 heteroatoms. The second-order valence-corrected chi connectivity index (χ2v) is 5.29. The monoisotopic (exact) mass is 281 g/mol. The summed E-state index contributed by atoms with van der Waals surface area (Å²) in [5.74, 6) is -0.922. The highest BCUT2D eigenvalue weighted by Crippen LogP contribution is 2.28. The fraction of sp³-hybridized carbons (Fsp3) is 0.917. The molecular formula is C12H22F3N3O. The molecule has 0 aromatic heterocycles. The van der Waals surface area contributed by atoms with Gasteiger partial charge in [0.2, 0.25) is 5.91 Å². The van der Waals surface area contributed by atoms with Crippen LogP contribution < -0.4 is 11.1 Å². The Bertz CT molecular complexity index is 310. The largest absolute Gasteiger partial charge is 0.415 e. The van der Waals surface area contributed by atoms with E-state index >= 15 is 0 Å². The summed E-state index contributed by atoms with van der Waals surface area (Å²) in [4.78, 5) is 13.8. The van der Waals surface area contributed by atoms with E-state index in [0.717, 1.165) is 32.5 Å². The molecule has 1 aliphatic rings. The Morgan fingerprint density at radius 3 is 2.32 bits per heavy atom. The third kappa shape index (κ3) is 4.07. The normalized spacial score (nSPS) is 22.0. The lowest BCUT2D eigenvalue weighted by molar-refractivity contribution is -0.187. The summed E-state index contributed by atoms with van der Waals surface area (Å²) in [6, 6.07) is 0. The van der Waals surface area contributed by atoms with E-state index in [2.05, 4.69) is 17.1 Å². The Hall–Kier alpha value is -0.820. The van der Waals surface area contributed by atoms with Gasteiger partial charge in [0.25, 0.3) is 0 Å². The van der Waals surface area contributed by atoms with E-state index in [4.69, 9.17) is 5.73 Å². The molecule has 112 valence electrons. The number of alkyl halides is 3. The van der Waals surface area contributed by atoms with Crippen LogP contribution >= 0.6 is 0 Å². The van der Waals surface area contributed by atoms with Gasteiger partial charge in [-0.3, -0.25) is 4.79 Å². The molecule has 0 spiro atoms. The van der Waals surface area contributed by atoms with Crippen LogP contribution in [0.1, 0.15) is 26.7 Å². The van der Waals surface area contributed by atoms with E-state index in [9.17, 15) is 18.0 Å². The Balaban J connectivity index is 2.39. The smallest absolute Gasteiger partial charge is 0.354 e. The van der Waals surface area contributed by atoms with Crippen molar-refractivity contribution in [2.45, 2.75) is 38.4 Å². The number of amides is 1. The summed E-state index contributed by atoms with van der Waals surface area (Å²) in [6.07, 6.45) is -2.95. The van der Waals surface area contributed by atoms with Gasteiger partial charge in [0.1, 0.15) is 0 Å². The van der Waals surface area contributed by atoms with Gasteiger partial charge in [0.05, 0.1) is 0 Å². The van der Waals surface area contributed by atoms with Gasteiger partial charge in [-0.25, -0.2) is 0 Å². The molecule has 0 aromatic rings. The van der Waals surface area contributed by atoms with Crippen molar-refractivity contribution >= 4 is 5.91 Å². The van der Waals surface area contributed by atoms with Crippen molar-refractivity contribution in [3.05, 3.63) is 0 Å². The van der Waals surface area contributed by atoms with Crippen molar-refractivity contribution in [3.63, 3.8) is 0 Å². The van der Waals surface area contributed by atoms with Crippen molar-refractivity contribution in [3.8, 4) is 0 Å². The highest BCUT2D eigenvalue weighted by molar-refractivity contribution is 5.86. The highest BCUT2D eigenvalue weighted by Gasteiger charge is 2.53. The number of carbonyl (C=O) groups excluding carboxylic acids is 1. The van der Waals surface area contributed by atoms with E-state index in [-0.39, 0.29) is 12.5 Å². The summed E-state index contributed by atoms with van der Waals surface area (Å²) in [5, 5.41) is 2.33. The summed E-state index contributed by atoms with van der Waals surface area (Å²) >= 11 is 0. The topological polar surface area (TPSA) is 58.4 Å². The first-order valence-corrected chi connectivity index (χ1v) is 6.54. The minimum absolute atomic E-state index is 0.232. The van der Waals surface area contributed by atoms with E-state index in [0.29, 0.717) is 6.92 Å². The SMILES string of the molecule is CCN1CCC(CNC(=O)C(C)(N)C(F)(F)F)CC1. The third-order valence-corrected chi connectivity index (χ3v) is 3.77. The fourth-order valence-electron chi connectivity index (χ4n) is 2.06. The molecule has 1 fully saturated rings. The van der Waals surface area contributed by atoms with Crippen LogP contribution in [-0.4, -0.2) is 48.7 Å². The number of nitrogens with two attached hydrogens (primary N) is 1. The lowest BCUT2D eigenvalue weighted by Crippen LogP contribution is -2.61. The number of halogens is 3. The molecule has 4 nitrogen and oxygen atoms in total. The number of nitrogens with one attached hydrogen (secondary N) is 1. The van der Waals surface area contributed by atoms with Crippen molar-refractivity contribution in [2.24, 2.45) is 11.7 Å². The van der Waals surface area contributed by atoms with Gasteiger partial charge in [-0.1, -0.05) is 6.92 Å². The number of hydrogen-bond donors (Lipinski definition) is 2. The Labute approximate surface area is 111 Å². The quantitative estimate of drug-likeness (QED) is 0.811. The van der Waals surface area contributed by atoms with Crippen LogP contribution in [0, 0.1) is 5.92 Å². The fourth-order valence-corrected chi connectivity index (χ4v) is 2.06. The van der Waals surface area contributed by atoms with Gasteiger partial charge in [-0.05, 0) is 45.3 Å². The first-order valence-electron chi connectivity index (χ1n) is 6.54. The van der Waals surface area contributed by atoms with E-state index in [1.54, 1.807) is 0 Å². The maximum Gasteiger partial charge on any atom is 0.415 e. The van der Waals surface area contributed by atoms with Crippen molar-refractivity contribution in [2.75, 3.05) is 26.2 Å². The van der Waals surface area contributed by atoms with Crippen molar-refractivity contribution in [1.82, 2.24) is 10.2 Å². The molecule has 0 bridgehead atoms. The van der Waals surface area contributed by atoms with E-state index < -0.39 is 17.6 Å². The lowest BCUT2D eigenvalue weighted by Gasteiger charge is -2.32. The number of piperidine rings is 1. The maximum atomic E-state index is 12.6. The number of rotatable bonds is 4. The molecule has 1 unspecified atom stereocenters. The van der Waals surface area contributed by atoms with Gasteiger partial charge < -0.3 is 16.0 Å². The van der Waals surface area contributed by atoms with Gasteiger partial charge in [0.15, 0.2) is 5.54 Å². The molecule has 0 saturated carbocycles. The maximum absolute atomic E-state index is 12.6. The van der Waals surface area contributed by atoms with Crippen molar-refractivity contribution < 1.29 is 18.0 Å². The lowest BCUT2D eigenvalue weighted by atomic mass is 9.96. The van der Waals surface area contributed by atoms with Crippen LogP contribution in [0.2, 0.25) is 0 Å². The zero-order valence-corrected chi connectivity index (χ0v) is 11.4. The van der Waals surface area contributed by atoms with Crippen LogP contribution in [0.15, 0.2) is 0 Å². The zero-order valence-electron chi connectivity index (χ0n) is 11.4. The molecule has 3 N–H and O–H groups in total. The summed E-state index contributed by atoms with van der Waals surface area (Å²) in [7, 11) is 0. The molecular weight excluding hydrogens is 259 g/mol.